The molecule has 2 aromatic rings. The third-order valence-electron chi connectivity index (χ3n) is 4.94. The molecule has 0 spiro atoms. The Hall–Kier alpha value is -2.10. The fraction of sp³-hybridized carbons (Fsp3) is 0.444. The van der Waals surface area contributed by atoms with Crippen LogP contribution in [0.1, 0.15) is 19.2 Å². The van der Waals surface area contributed by atoms with Crippen molar-refractivity contribution in [2.75, 3.05) is 13.1 Å². The smallest absolute Gasteiger partial charge is 0.226 e. The minimum atomic E-state index is 0.277. The van der Waals surface area contributed by atoms with Gasteiger partial charge < -0.3 is 9.47 Å². The minimum Gasteiger partial charge on any atom is -0.340 e. The van der Waals surface area contributed by atoms with Crippen molar-refractivity contribution in [1.29, 1.82) is 0 Å². The molecule has 2 atom stereocenters. The molecule has 1 aromatic carbocycles. The van der Waals surface area contributed by atoms with Crippen molar-refractivity contribution in [3.05, 3.63) is 42.4 Å². The first-order valence-corrected chi connectivity index (χ1v) is 8.12. The van der Waals surface area contributed by atoms with Crippen LogP contribution in [0.25, 0.3) is 11.3 Å². The first-order chi connectivity index (χ1) is 10.7. The van der Waals surface area contributed by atoms with E-state index in [-0.39, 0.29) is 5.92 Å². The molecule has 4 nitrogen and oxygen atoms in total. The van der Waals surface area contributed by atoms with Crippen LogP contribution in [0.2, 0.25) is 0 Å². The predicted octanol–water partition coefficient (Wildman–Crippen LogP) is 2.59. The van der Waals surface area contributed by atoms with Crippen molar-refractivity contribution >= 4 is 5.91 Å². The molecule has 22 heavy (non-hydrogen) atoms. The number of imidazole rings is 1. The maximum absolute atomic E-state index is 12.4. The number of carbonyl (C=O) groups is 1. The predicted molar refractivity (Wildman–Crippen MR) is 85.2 cm³/mol. The highest BCUT2D eigenvalue weighted by molar-refractivity contribution is 5.81. The fourth-order valence-electron chi connectivity index (χ4n) is 3.39. The van der Waals surface area contributed by atoms with E-state index in [9.17, 15) is 4.79 Å². The quantitative estimate of drug-likeness (QED) is 0.854. The molecular weight excluding hydrogens is 274 g/mol. The molecule has 4 heteroatoms. The topological polar surface area (TPSA) is 38.1 Å². The number of carbonyl (C=O) groups excluding carboxylic acids is 1. The second-order valence-corrected chi connectivity index (χ2v) is 6.47. The Bertz CT molecular complexity index is 692. The molecule has 4 rings (SSSR count). The maximum Gasteiger partial charge on any atom is 0.226 e. The van der Waals surface area contributed by atoms with Gasteiger partial charge in [-0.2, -0.15) is 0 Å². The third kappa shape index (κ3) is 2.32. The van der Waals surface area contributed by atoms with Gasteiger partial charge in [0.2, 0.25) is 5.91 Å². The van der Waals surface area contributed by atoms with Gasteiger partial charge in [-0.1, -0.05) is 37.3 Å². The molecule has 114 valence electrons. The molecule has 1 aliphatic carbocycles. The summed E-state index contributed by atoms with van der Waals surface area (Å²) in [5.74, 6) is 2.30. The normalized spacial score (nSPS) is 23.8. The fourth-order valence-corrected chi connectivity index (χ4v) is 3.39. The summed E-state index contributed by atoms with van der Waals surface area (Å²) >= 11 is 0. The van der Waals surface area contributed by atoms with Gasteiger partial charge in [0.15, 0.2) is 0 Å². The summed E-state index contributed by atoms with van der Waals surface area (Å²) < 4.78 is 2.28. The van der Waals surface area contributed by atoms with E-state index in [1.807, 2.05) is 17.2 Å². The van der Waals surface area contributed by atoms with Crippen molar-refractivity contribution in [2.45, 2.75) is 26.3 Å². The highest BCUT2D eigenvalue weighted by Crippen LogP contribution is 2.39. The zero-order chi connectivity index (χ0) is 15.1. The number of hydrogen-bond donors (Lipinski definition) is 0. The van der Waals surface area contributed by atoms with Crippen molar-refractivity contribution in [3.8, 4) is 11.3 Å². The SMILES string of the molecule is C[C@H]1C[C@@H]1C(=O)N1CCc2ncc(-c3ccccc3)n2CC1. The van der Waals surface area contributed by atoms with E-state index in [1.165, 1.54) is 5.56 Å². The summed E-state index contributed by atoms with van der Waals surface area (Å²) in [5, 5.41) is 0. The van der Waals surface area contributed by atoms with Crippen LogP contribution in [-0.4, -0.2) is 33.4 Å². The molecule has 1 fully saturated rings. The van der Waals surface area contributed by atoms with Gasteiger partial charge in [0.25, 0.3) is 0 Å². The lowest BCUT2D eigenvalue weighted by molar-refractivity contribution is -0.132. The number of rotatable bonds is 2. The molecule has 0 radical (unpaired) electrons. The molecule has 1 amide bonds. The monoisotopic (exact) mass is 295 g/mol. The van der Waals surface area contributed by atoms with E-state index in [4.69, 9.17) is 0 Å². The Morgan fingerprint density at radius 1 is 1.18 bits per heavy atom. The maximum atomic E-state index is 12.4. The molecule has 2 heterocycles. The van der Waals surface area contributed by atoms with Crippen LogP contribution < -0.4 is 0 Å². The van der Waals surface area contributed by atoms with Crippen LogP contribution in [0.15, 0.2) is 36.5 Å². The van der Waals surface area contributed by atoms with E-state index >= 15 is 0 Å². The summed E-state index contributed by atoms with van der Waals surface area (Å²) in [5.41, 5.74) is 2.35. The minimum absolute atomic E-state index is 0.277. The van der Waals surface area contributed by atoms with Gasteiger partial charge in [0, 0.05) is 32.0 Å². The second kappa shape index (κ2) is 5.27. The van der Waals surface area contributed by atoms with E-state index in [0.29, 0.717) is 11.8 Å². The van der Waals surface area contributed by atoms with Gasteiger partial charge in [-0.25, -0.2) is 4.98 Å². The average Bonchev–Trinajstić information content (AvgIpc) is 3.21. The van der Waals surface area contributed by atoms with Crippen LogP contribution in [0.3, 0.4) is 0 Å². The lowest BCUT2D eigenvalue weighted by Crippen LogP contribution is -2.35. The molecule has 0 unspecified atom stereocenters. The summed E-state index contributed by atoms with van der Waals surface area (Å²) in [6.45, 7) is 4.60. The van der Waals surface area contributed by atoms with Crippen molar-refractivity contribution < 1.29 is 4.79 Å². The van der Waals surface area contributed by atoms with Crippen LogP contribution in [0, 0.1) is 11.8 Å². The van der Waals surface area contributed by atoms with E-state index in [1.54, 1.807) is 0 Å². The molecular formula is C18H21N3O. The molecule has 0 saturated heterocycles. The Morgan fingerprint density at radius 3 is 2.68 bits per heavy atom. The summed E-state index contributed by atoms with van der Waals surface area (Å²) in [6, 6.07) is 10.4. The zero-order valence-corrected chi connectivity index (χ0v) is 12.9. The van der Waals surface area contributed by atoms with Gasteiger partial charge in [-0.15, -0.1) is 0 Å². The molecule has 1 aliphatic heterocycles. The van der Waals surface area contributed by atoms with E-state index < -0.39 is 0 Å². The second-order valence-electron chi connectivity index (χ2n) is 6.47. The Balaban J connectivity index is 1.55. The first kappa shape index (κ1) is 13.6. The standard InChI is InChI=1S/C18H21N3O/c1-13-11-15(13)18(22)20-8-7-17-19-12-16(21(17)10-9-20)14-5-3-2-4-6-14/h2-6,12-13,15H,7-11H2,1H3/t13-,15-/m0/s1. The number of nitrogens with zero attached hydrogens (tertiary/aromatic N) is 3. The molecule has 1 aromatic heterocycles. The summed E-state index contributed by atoms with van der Waals surface area (Å²) in [6.07, 6.45) is 3.87. The van der Waals surface area contributed by atoms with Gasteiger partial charge in [-0.05, 0) is 17.9 Å². The van der Waals surface area contributed by atoms with Gasteiger partial charge in [0.1, 0.15) is 5.82 Å². The lowest BCUT2D eigenvalue weighted by atomic mass is 10.2. The van der Waals surface area contributed by atoms with Crippen LogP contribution >= 0.6 is 0 Å². The molecule has 2 aliphatic rings. The highest BCUT2D eigenvalue weighted by Gasteiger charge is 2.41. The van der Waals surface area contributed by atoms with Crippen LogP contribution in [-0.2, 0) is 17.8 Å². The van der Waals surface area contributed by atoms with Gasteiger partial charge in [-0.3, -0.25) is 4.79 Å². The van der Waals surface area contributed by atoms with Gasteiger partial charge in [0.05, 0.1) is 11.9 Å². The molecule has 1 saturated carbocycles. The number of amides is 1. The average molecular weight is 295 g/mol. The lowest BCUT2D eigenvalue weighted by Gasteiger charge is -2.20. The third-order valence-corrected chi connectivity index (χ3v) is 4.94. The van der Waals surface area contributed by atoms with Crippen molar-refractivity contribution in [3.63, 3.8) is 0 Å². The van der Waals surface area contributed by atoms with E-state index in [2.05, 4.69) is 40.7 Å². The number of fused-ring (bicyclic) bond motifs is 1. The number of benzene rings is 1. The Labute approximate surface area is 130 Å². The summed E-state index contributed by atoms with van der Waals surface area (Å²) in [7, 11) is 0. The highest BCUT2D eigenvalue weighted by atomic mass is 16.2. The Morgan fingerprint density at radius 2 is 1.95 bits per heavy atom. The summed E-state index contributed by atoms with van der Waals surface area (Å²) in [4.78, 5) is 19.1. The first-order valence-electron chi connectivity index (χ1n) is 8.12. The van der Waals surface area contributed by atoms with E-state index in [0.717, 1.165) is 44.0 Å². The molecule has 0 N–H and O–H groups in total. The van der Waals surface area contributed by atoms with Crippen molar-refractivity contribution in [2.24, 2.45) is 11.8 Å². The van der Waals surface area contributed by atoms with Crippen LogP contribution in [0.5, 0.6) is 0 Å². The van der Waals surface area contributed by atoms with Crippen molar-refractivity contribution in [1.82, 2.24) is 14.5 Å². The molecule has 0 bridgehead atoms. The zero-order valence-electron chi connectivity index (χ0n) is 12.9. The largest absolute Gasteiger partial charge is 0.340 e. The number of hydrogen-bond acceptors (Lipinski definition) is 2. The number of aromatic nitrogens is 2. The van der Waals surface area contributed by atoms with Gasteiger partial charge >= 0.3 is 0 Å². The van der Waals surface area contributed by atoms with Crippen LogP contribution in [0.4, 0.5) is 0 Å². The Kier molecular flexibility index (Phi) is 3.25.